The largest absolute Gasteiger partial charge is 0.504 e. The number of hydrogen-bond donors (Lipinski definition) is 22. The molecule has 25 atom stereocenters. The maximum Gasteiger partial charge on any atom is 0.330 e. The second-order valence-electron chi connectivity index (χ2n) is 24.3. The molecule has 22 N–H and O–H groups in total. The first-order valence-electron chi connectivity index (χ1n) is 30.0. The molecule has 3 aromatic carbocycles. The van der Waals surface area contributed by atoms with Gasteiger partial charge in [0.1, 0.15) is 116 Å². The summed E-state index contributed by atoms with van der Waals surface area (Å²) in [6, 6.07) is 11.1. The maximum absolute atomic E-state index is 17.6. The molecule has 0 saturated carbocycles. The van der Waals surface area contributed by atoms with Crippen molar-refractivity contribution in [1.29, 1.82) is 0 Å². The highest BCUT2D eigenvalue weighted by Crippen LogP contribution is 2.58. The molecule has 4 fully saturated rings. The number of carbonyl (C=O) groups excluding carboxylic acids is 7. The summed E-state index contributed by atoms with van der Waals surface area (Å²) in [6.07, 6.45) is -58.5. The van der Waals surface area contributed by atoms with E-state index < -0.39 is 239 Å². The van der Waals surface area contributed by atoms with E-state index in [0.717, 1.165) is 74.9 Å². The van der Waals surface area contributed by atoms with Crippen molar-refractivity contribution in [3.05, 3.63) is 95.6 Å². The summed E-state index contributed by atoms with van der Waals surface area (Å²) in [5.41, 5.74) is -37.2. The smallest absolute Gasteiger partial charge is 0.330 e. The number of carbonyl (C=O) groups is 7. The number of hydrogen-bond acceptors (Lipinski definition) is 36. The van der Waals surface area contributed by atoms with Gasteiger partial charge in [-0.1, -0.05) is 48.5 Å². The monoisotopic (exact) mass is 1410 g/mol. The third kappa shape index (κ3) is 12.7. The summed E-state index contributed by atoms with van der Waals surface area (Å²) in [5, 5.41) is 270. The van der Waals surface area contributed by atoms with Crippen LogP contribution in [-0.2, 0) is 52.5 Å². The number of esters is 1. The van der Waals surface area contributed by atoms with Crippen LogP contribution in [0.25, 0.3) is 12.2 Å². The predicted octanol–water partition coefficient (Wildman–Crippen LogP) is -10.1. The second-order valence-corrected chi connectivity index (χ2v) is 24.3. The Kier molecular flexibility index (Phi) is 23.9. The molecule has 0 aliphatic carbocycles. The van der Waals surface area contributed by atoms with Crippen LogP contribution < -0.4 is 9.47 Å². The third-order valence-corrected chi connectivity index (χ3v) is 18.7. The Balaban J connectivity index is 1.77. The Morgan fingerprint density at radius 2 is 1.10 bits per heavy atom. The van der Waals surface area contributed by atoms with Crippen molar-refractivity contribution < 1.29 is 179 Å². The minimum atomic E-state index is -5.96. The quantitative estimate of drug-likeness (QED) is 0.0191. The van der Waals surface area contributed by atoms with Gasteiger partial charge in [-0.3, -0.25) is 28.8 Å². The second kappa shape index (κ2) is 29.8. The van der Waals surface area contributed by atoms with Crippen molar-refractivity contribution in [3.63, 3.8) is 0 Å². The average molecular weight is 1410 g/mol. The van der Waals surface area contributed by atoms with Crippen LogP contribution in [-0.4, -0.2) is 343 Å². The maximum atomic E-state index is 17.6. The molecular weight excluding hydrogens is 1330 g/mol. The molecule has 7 rings (SSSR count). The molecule has 0 aromatic heterocycles. The van der Waals surface area contributed by atoms with Crippen LogP contribution in [0.1, 0.15) is 42.3 Å². The van der Waals surface area contributed by atoms with Gasteiger partial charge < -0.3 is 146 Å². The van der Waals surface area contributed by atoms with Crippen LogP contribution in [0.2, 0.25) is 0 Å². The van der Waals surface area contributed by atoms with E-state index >= 15 is 19.5 Å². The zero-order valence-corrected chi connectivity index (χ0v) is 52.9. The highest BCUT2D eigenvalue weighted by Gasteiger charge is 2.88. The topological polar surface area (TPSA) is 629 Å². The molecule has 546 valence electrons. The molecule has 4 saturated heterocycles. The molecule has 3 aromatic rings. The Morgan fingerprint density at radius 1 is 0.596 bits per heavy atom. The van der Waals surface area contributed by atoms with Crippen molar-refractivity contribution in [2.75, 3.05) is 40.6 Å². The number of ether oxygens (including phenoxy) is 7. The molecule has 0 bridgehead atoms. The van der Waals surface area contributed by atoms with Crippen molar-refractivity contribution in [2.24, 2.45) is 0 Å². The third-order valence-electron chi connectivity index (χ3n) is 18.7. The normalized spacial score (nSPS) is 35.4. The first-order chi connectivity index (χ1) is 46.2. The Morgan fingerprint density at radius 3 is 1.59 bits per heavy atom. The van der Waals surface area contributed by atoms with E-state index in [-0.39, 0.29) is 29.9 Å². The average Bonchev–Trinajstić information content (AvgIpc) is 1.31. The Hall–Kier alpha value is -7.13. The predicted molar refractivity (Wildman–Crippen MR) is 322 cm³/mol. The van der Waals surface area contributed by atoms with E-state index in [1.54, 1.807) is 0 Å². The lowest BCUT2D eigenvalue weighted by molar-refractivity contribution is -0.409. The lowest BCUT2D eigenvalue weighted by atomic mass is 9.51. The SMILES string of the molecule is COc1cc(C=CC(=O)OCC2(C(=O)[C@@](O)(C3O[C@H](CO)[C@@H](O)[C@H](O)[C@H]3O)[C@](O)(C3O[C@H](C(O)C(C)=O)[C@](O)(C(C)=O)[C@@](O)(C4O[C@H](CO)[C@@H](O)[C@H](O)[C@H]4O)[C@H]3O)[C@@](O)(C(=O)C=Cc3ccc(O)c(OC)c3)[C@H](O)C(O)C(C)=O)O[C@H](CO)[C@@H](O)[C@]2(O)C(=O)c2ccccc2)ccc1O. The minimum Gasteiger partial charge on any atom is -0.504 e. The number of ketones is 6. The molecule has 0 spiro atoms. The van der Waals surface area contributed by atoms with Crippen molar-refractivity contribution in [3.8, 4) is 23.0 Å². The van der Waals surface area contributed by atoms with Gasteiger partial charge in [-0.05, 0) is 68.3 Å². The van der Waals surface area contributed by atoms with Gasteiger partial charge >= 0.3 is 5.97 Å². The molecule has 36 heteroatoms. The lowest BCUT2D eigenvalue weighted by Crippen LogP contribution is -2.94. The van der Waals surface area contributed by atoms with Crippen LogP contribution in [0.4, 0.5) is 0 Å². The van der Waals surface area contributed by atoms with Crippen LogP contribution in [0.3, 0.4) is 0 Å². The van der Waals surface area contributed by atoms with E-state index in [9.17, 15) is 126 Å². The van der Waals surface area contributed by atoms with Gasteiger partial charge in [0, 0.05) is 11.6 Å². The van der Waals surface area contributed by atoms with Crippen LogP contribution in [0, 0.1) is 0 Å². The molecule has 99 heavy (non-hydrogen) atoms. The zero-order chi connectivity index (χ0) is 74.4. The Labute approximate surface area is 559 Å². The van der Waals surface area contributed by atoms with E-state index in [1.807, 2.05) is 0 Å². The number of rotatable bonds is 27. The van der Waals surface area contributed by atoms with Gasteiger partial charge in [-0.15, -0.1) is 0 Å². The number of phenolic OH excluding ortho intramolecular Hbond substituents is 2. The number of Topliss-reactive ketones (excluding diaryl/α,β-unsaturated/α-hetero) is 5. The molecule has 0 radical (unpaired) electrons. The molecular formula is C63H78O36. The number of benzene rings is 3. The van der Waals surface area contributed by atoms with Crippen LogP contribution >= 0.6 is 0 Å². The fourth-order valence-corrected chi connectivity index (χ4v) is 13.1. The fraction of sp³-hybridized carbons (Fsp3) is 0.540. The summed E-state index contributed by atoms with van der Waals surface area (Å²) < 4.78 is 38.7. The zero-order valence-electron chi connectivity index (χ0n) is 52.9. The molecule has 6 unspecified atom stereocenters. The van der Waals surface area contributed by atoms with E-state index in [4.69, 9.17) is 33.2 Å². The highest BCUT2D eigenvalue weighted by atomic mass is 16.6. The van der Waals surface area contributed by atoms with Gasteiger partial charge in [0.2, 0.25) is 17.2 Å². The van der Waals surface area contributed by atoms with Gasteiger partial charge in [-0.25, -0.2) is 4.79 Å². The number of phenols is 2. The standard InChI is InChI=1S/C63H78O36/c1-25(67)40(74)50(84)59(88,38(72)17-13-28-11-15-31(70)33(19-28)93-4)63(92,55-51(85)61(90,53-46(80)44(78)42(76)35(21-64)96-53)58(87,27(3)69)52(98-55)41(75)26(2)68)62(91,54-47(81)45(79)43(77)36(22-65)97-54)56(86)57(24-95-39(73)18-14-29-12-16-32(71)34(20-29)94-5)60(89,49(83)37(23-66)99-57)48(82)30-9-7-6-8-10-30/h6-20,35-37,40-47,49-55,64-66,70-71,74-81,83-85,87-92H,21-24H2,1-5H3/t35-,36-,37-,40?,41?,42-,43-,44+,45+,46-,47-,49-,50-,51+,52-,53?,54?,55?,57?,58-,59-,60-,61+,62+,63+/m1/s1. The Bertz CT molecular complexity index is 3550. The molecule has 4 aliphatic heterocycles. The van der Waals surface area contributed by atoms with Crippen molar-refractivity contribution >= 4 is 52.8 Å². The molecule has 36 nitrogen and oxygen atoms in total. The van der Waals surface area contributed by atoms with Crippen LogP contribution in [0.15, 0.2) is 78.9 Å². The van der Waals surface area contributed by atoms with E-state index in [2.05, 4.69) is 0 Å². The van der Waals surface area contributed by atoms with Crippen molar-refractivity contribution in [2.45, 2.75) is 170 Å². The highest BCUT2D eigenvalue weighted by molar-refractivity contribution is 6.12. The summed E-state index contributed by atoms with van der Waals surface area (Å²) in [5.74, 6) is -17.1. The summed E-state index contributed by atoms with van der Waals surface area (Å²) >= 11 is 0. The van der Waals surface area contributed by atoms with Crippen LogP contribution in [0.5, 0.6) is 23.0 Å². The lowest BCUT2D eigenvalue weighted by Gasteiger charge is -2.65. The first kappa shape index (κ1) is 79.2. The number of aliphatic hydroxyl groups excluding tert-OH is 14. The number of aromatic hydroxyl groups is 2. The number of methoxy groups -OCH3 is 2. The van der Waals surface area contributed by atoms with E-state index in [0.29, 0.717) is 26.0 Å². The minimum absolute atomic E-state index is 0.0217. The van der Waals surface area contributed by atoms with Gasteiger partial charge in [0.05, 0.1) is 34.0 Å². The molecule has 4 aliphatic rings. The van der Waals surface area contributed by atoms with E-state index in [1.165, 1.54) is 12.1 Å². The van der Waals surface area contributed by atoms with Gasteiger partial charge in [0.25, 0.3) is 0 Å². The molecule has 4 heterocycles. The summed E-state index contributed by atoms with van der Waals surface area (Å²) in [7, 11) is 2.14. The number of aliphatic hydroxyl groups is 20. The summed E-state index contributed by atoms with van der Waals surface area (Å²) in [4.78, 5) is 105. The molecule has 0 amide bonds. The van der Waals surface area contributed by atoms with Crippen molar-refractivity contribution in [1.82, 2.24) is 0 Å². The van der Waals surface area contributed by atoms with Gasteiger partial charge in [-0.2, -0.15) is 0 Å². The summed E-state index contributed by atoms with van der Waals surface area (Å²) in [6.45, 7) is -6.37. The fourth-order valence-electron chi connectivity index (χ4n) is 13.1. The van der Waals surface area contributed by atoms with Gasteiger partial charge in [0.15, 0.2) is 79.7 Å². The first-order valence-corrected chi connectivity index (χ1v) is 30.0.